The molecule has 0 heterocycles. The lowest BCUT2D eigenvalue weighted by atomic mass is 10.2. The summed E-state index contributed by atoms with van der Waals surface area (Å²) >= 11 is 17.6. The number of anilines is 1. The predicted molar refractivity (Wildman–Crippen MR) is 101 cm³/mol. The van der Waals surface area contributed by atoms with Crippen LogP contribution in [0.15, 0.2) is 48.5 Å². The summed E-state index contributed by atoms with van der Waals surface area (Å²) in [5, 5.41) is 26.7. The fourth-order valence-corrected chi connectivity index (χ4v) is 2.35. The zero-order valence-electron chi connectivity index (χ0n) is 13.3. The smallest absolute Gasteiger partial charge is 0.271 e. The van der Waals surface area contributed by atoms with Gasteiger partial charge in [0.15, 0.2) is 0 Å². The van der Waals surface area contributed by atoms with Crippen molar-refractivity contribution in [1.82, 2.24) is 5.32 Å². The van der Waals surface area contributed by atoms with Gasteiger partial charge in [0.2, 0.25) is 3.79 Å². The Morgan fingerprint density at radius 2 is 1.56 bits per heavy atom. The minimum absolute atomic E-state index is 0.0979. The second-order valence-electron chi connectivity index (χ2n) is 5.20. The maximum absolute atomic E-state index is 12.3. The molecule has 2 rings (SSSR count). The first-order chi connectivity index (χ1) is 12.6. The van der Waals surface area contributed by atoms with E-state index in [4.69, 9.17) is 34.8 Å². The highest BCUT2D eigenvalue weighted by atomic mass is 35.6. The number of nitrogens with one attached hydrogen (secondary N) is 2. The van der Waals surface area contributed by atoms with Crippen LogP contribution in [0.2, 0.25) is 0 Å². The molecule has 0 aliphatic carbocycles. The summed E-state index contributed by atoms with van der Waals surface area (Å²) in [6.45, 7) is 0. The van der Waals surface area contributed by atoms with Crippen molar-refractivity contribution in [2.24, 2.45) is 0 Å². The Balaban J connectivity index is 2.19. The average Bonchev–Trinajstić information content (AvgIpc) is 2.60. The van der Waals surface area contributed by atoms with Crippen LogP contribution in [0.4, 0.5) is 17.1 Å². The standard InChI is InChI=1S/C15H11Cl3N4O5/c16-15(17,18)14(19-10-2-1-3-12(8-10)22(26)27)20-13(23)9-4-6-11(7-5-9)21(24)25/h1-8,14,19H,(H,20,23)/t14-/m0/s1. The number of non-ortho nitro benzene ring substituents is 2. The van der Waals surface area contributed by atoms with Crippen LogP contribution >= 0.6 is 34.8 Å². The molecule has 0 aromatic heterocycles. The molecule has 12 heteroatoms. The quantitative estimate of drug-likeness (QED) is 0.306. The third kappa shape index (κ3) is 5.68. The Kier molecular flexibility index (Phi) is 6.42. The second-order valence-corrected chi connectivity index (χ2v) is 7.57. The second kappa shape index (κ2) is 8.38. The Labute approximate surface area is 167 Å². The topological polar surface area (TPSA) is 127 Å². The van der Waals surface area contributed by atoms with Crippen molar-refractivity contribution in [3.05, 3.63) is 74.3 Å². The van der Waals surface area contributed by atoms with Crippen molar-refractivity contribution in [1.29, 1.82) is 0 Å². The molecule has 0 aliphatic rings. The normalized spacial score (nSPS) is 12.1. The van der Waals surface area contributed by atoms with Gasteiger partial charge < -0.3 is 10.6 Å². The molecule has 0 unspecified atom stereocenters. The third-order valence-corrected chi connectivity index (χ3v) is 3.97. The van der Waals surface area contributed by atoms with Gasteiger partial charge in [-0.3, -0.25) is 25.0 Å². The summed E-state index contributed by atoms with van der Waals surface area (Å²) in [4.78, 5) is 32.7. The van der Waals surface area contributed by atoms with Crippen LogP contribution in [0.3, 0.4) is 0 Å². The molecule has 2 N–H and O–H groups in total. The lowest BCUT2D eigenvalue weighted by molar-refractivity contribution is -0.385. The van der Waals surface area contributed by atoms with Crippen molar-refractivity contribution in [2.45, 2.75) is 9.96 Å². The van der Waals surface area contributed by atoms with E-state index in [0.717, 1.165) is 12.1 Å². The fraction of sp³-hybridized carbons (Fsp3) is 0.133. The number of alkyl halides is 3. The molecule has 2 aromatic rings. The number of nitrogens with zero attached hydrogens (tertiary/aromatic N) is 2. The first-order valence-corrected chi connectivity index (χ1v) is 8.34. The molecule has 0 fully saturated rings. The van der Waals surface area contributed by atoms with Crippen LogP contribution in [0, 0.1) is 20.2 Å². The lowest BCUT2D eigenvalue weighted by Gasteiger charge is -2.27. The molecule has 0 bridgehead atoms. The number of hydrogen-bond acceptors (Lipinski definition) is 6. The average molecular weight is 434 g/mol. The highest BCUT2D eigenvalue weighted by Crippen LogP contribution is 2.32. The molecule has 2 aromatic carbocycles. The molecular weight excluding hydrogens is 423 g/mol. The van der Waals surface area contributed by atoms with Gasteiger partial charge in [0.05, 0.1) is 9.85 Å². The Hall–Kier alpha value is -2.62. The van der Waals surface area contributed by atoms with Crippen LogP contribution in [0.1, 0.15) is 10.4 Å². The number of carbonyl (C=O) groups excluding carboxylic acids is 1. The van der Waals surface area contributed by atoms with E-state index in [1.807, 2.05) is 0 Å². The van der Waals surface area contributed by atoms with Gasteiger partial charge in [0.1, 0.15) is 6.17 Å². The van der Waals surface area contributed by atoms with E-state index in [1.165, 1.54) is 36.4 Å². The molecule has 0 saturated heterocycles. The number of halogens is 3. The molecule has 27 heavy (non-hydrogen) atoms. The minimum Gasteiger partial charge on any atom is -0.362 e. The highest BCUT2D eigenvalue weighted by molar-refractivity contribution is 6.68. The van der Waals surface area contributed by atoms with E-state index in [2.05, 4.69) is 10.6 Å². The van der Waals surface area contributed by atoms with Crippen molar-refractivity contribution in [3.8, 4) is 0 Å². The molecule has 1 atom stereocenters. The molecule has 0 saturated carbocycles. The molecule has 0 radical (unpaired) electrons. The van der Waals surface area contributed by atoms with Crippen LogP contribution in [0.5, 0.6) is 0 Å². The first kappa shape index (κ1) is 20.7. The molecule has 0 spiro atoms. The van der Waals surface area contributed by atoms with Crippen molar-refractivity contribution in [2.75, 3.05) is 5.32 Å². The van der Waals surface area contributed by atoms with Crippen LogP contribution < -0.4 is 10.6 Å². The number of benzene rings is 2. The number of nitro groups is 2. The highest BCUT2D eigenvalue weighted by Gasteiger charge is 2.34. The predicted octanol–water partition coefficient (Wildman–Crippen LogP) is 4.04. The molecule has 9 nitrogen and oxygen atoms in total. The van der Waals surface area contributed by atoms with E-state index in [0.29, 0.717) is 0 Å². The first-order valence-electron chi connectivity index (χ1n) is 7.21. The number of rotatable bonds is 6. The summed E-state index contributed by atoms with van der Waals surface area (Å²) in [7, 11) is 0. The number of nitro benzene ring substituents is 2. The van der Waals surface area contributed by atoms with E-state index in [9.17, 15) is 25.0 Å². The zero-order chi connectivity index (χ0) is 20.2. The largest absolute Gasteiger partial charge is 0.362 e. The van der Waals surface area contributed by atoms with E-state index >= 15 is 0 Å². The van der Waals surface area contributed by atoms with Gasteiger partial charge in [-0.25, -0.2) is 0 Å². The number of hydrogen-bond donors (Lipinski definition) is 2. The summed E-state index contributed by atoms with van der Waals surface area (Å²) < 4.78 is -2.00. The Morgan fingerprint density at radius 3 is 2.07 bits per heavy atom. The summed E-state index contributed by atoms with van der Waals surface area (Å²) in [5.41, 5.74) is -0.0332. The molecule has 1 amide bonds. The lowest BCUT2D eigenvalue weighted by Crippen LogP contribution is -2.49. The van der Waals surface area contributed by atoms with Gasteiger partial charge in [-0.2, -0.15) is 0 Å². The Morgan fingerprint density at radius 1 is 0.963 bits per heavy atom. The van der Waals surface area contributed by atoms with Gasteiger partial charge in [0.25, 0.3) is 17.3 Å². The van der Waals surface area contributed by atoms with Crippen molar-refractivity contribution < 1.29 is 14.6 Å². The molecular formula is C15H11Cl3N4O5. The summed E-state index contributed by atoms with van der Waals surface area (Å²) in [6.07, 6.45) is -1.24. The molecule has 142 valence electrons. The Bertz CT molecular complexity index is 871. The van der Waals surface area contributed by atoms with Gasteiger partial charge >= 0.3 is 0 Å². The van der Waals surface area contributed by atoms with Crippen molar-refractivity contribution >= 4 is 57.8 Å². The van der Waals surface area contributed by atoms with Crippen LogP contribution in [-0.2, 0) is 0 Å². The maximum Gasteiger partial charge on any atom is 0.271 e. The SMILES string of the molecule is O=C(N[C@H](Nc1cccc([N+](=O)[O-])c1)C(Cl)(Cl)Cl)c1ccc([N+](=O)[O-])cc1. The number of amides is 1. The summed E-state index contributed by atoms with van der Waals surface area (Å²) in [5.74, 6) is -0.667. The van der Waals surface area contributed by atoms with Crippen molar-refractivity contribution in [3.63, 3.8) is 0 Å². The minimum atomic E-state index is -2.00. The third-order valence-electron chi connectivity index (χ3n) is 3.31. The zero-order valence-corrected chi connectivity index (χ0v) is 15.5. The van der Waals surface area contributed by atoms with Gasteiger partial charge in [-0.15, -0.1) is 0 Å². The molecule has 0 aliphatic heterocycles. The van der Waals surface area contributed by atoms with Crippen LogP contribution in [-0.4, -0.2) is 25.7 Å². The maximum atomic E-state index is 12.3. The summed E-state index contributed by atoms with van der Waals surface area (Å²) in [6, 6.07) is 10.2. The van der Waals surface area contributed by atoms with E-state index in [1.54, 1.807) is 0 Å². The van der Waals surface area contributed by atoms with E-state index < -0.39 is 25.7 Å². The fourth-order valence-electron chi connectivity index (χ4n) is 2.02. The number of carbonyl (C=O) groups is 1. The van der Waals surface area contributed by atoms with Gasteiger partial charge in [-0.1, -0.05) is 40.9 Å². The van der Waals surface area contributed by atoms with Gasteiger partial charge in [0, 0.05) is 35.5 Å². The van der Waals surface area contributed by atoms with Gasteiger partial charge in [-0.05, 0) is 18.2 Å². The van der Waals surface area contributed by atoms with E-state index in [-0.39, 0.29) is 22.6 Å². The van der Waals surface area contributed by atoms with Crippen LogP contribution in [0.25, 0.3) is 0 Å². The monoisotopic (exact) mass is 432 g/mol.